The Balaban J connectivity index is 0. The number of carboxylic acid groups (broad SMARTS) is 1. The van der Waals surface area contributed by atoms with Crippen molar-refractivity contribution in [2.45, 2.75) is 6.42 Å². The molecule has 0 aromatic heterocycles. The van der Waals surface area contributed by atoms with E-state index in [9.17, 15) is 4.79 Å². The minimum atomic E-state index is -1.11. The van der Waals surface area contributed by atoms with Gasteiger partial charge in [-0.2, -0.15) is 0 Å². The average molecular weight is 242 g/mol. The Kier molecular flexibility index (Phi) is 12.1. The van der Waals surface area contributed by atoms with Crippen molar-refractivity contribution in [1.29, 1.82) is 0 Å². The Hall–Kier alpha value is -1.16. The summed E-state index contributed by atoms with van der Waals surface area (Å²) in [6, 6.07) is 5.81. The van der Waals surface area contributed by atoms with E-state index in [4.69, 9.17) is 10.2 Å². The number of benzene rings is 1. The van der Waals surface area contributed by atoms with E-state index in [2.05, 4.69) is 13.5 Å². The molecule has 0 fully saturated rings. The first-order valence-electron chi connectivity index (χ1n) is 4.70. The molecule has 0 saturated heterocycles. The summed E-state index contributed by atoms with van der Waals surface area (Å²) in [5.74, 6) is -1.31. The van der Waals surface area contributed by atoms with Crippen LogP contribution in [0.5, 0.6) is 5.75 Å². The summed E-state index contributed by atoms with van der Waals surface area (Å²) in [5, 5.41) is 17.3. The quantitative estimate of drug-likeness (QED) is 0.447. The molecule has 0 unspecified atom stereocenters. The first-order chi connectivity index (χ1) is 7.63. The molecule has 1 aromatic carbocycles. The standard InChI is InChI=1S/C7H6O3.C6H9.Na/c8-6-4-2-1-3-5(6)7(9)10;1-3-5-6-4-2;/h1-4,8H,(H,9,10);3-5H,1-2,6H2;/q;-1;+1. The molecule has 0 amide bonds. The second-order valence-corrected chi connectivity index (χ2v) is 2.82. The van der Waals surface area contributed by atoms with Crippen LogP contribution in [0, 0.1) is 6.92 Å². The average Bonchev–Trinajstić information content (AvgIpc) is 2.27. The molecule has 0 aliphatic rings. The van der Waals surface area contributed by atoms with Crippen LogP contribution in [0.1, 0.15) is 16.8 Å². The first-order valence-corrected chi connectivity index (χ1v) is 4.70. The minimum Gasteiger partial charge on any atom is -0.507 e. The molecule has 0 radical (unpaired) electrons. The van der Waals surface area contributed by atoms with E-state index in [-0.39, 0.29) is 40.9 Å². The number of carboxylic acids is 1. The monoisotopic (exact) mass is 242 g/mol. The predicted molar refractivity (Wildman–Crippen MR) is 64.4 cm³/mol. The molecule has 0 heterocycles. The van der Waals surface area contributed by atoms with Gasteiger partial charge in [0.25, 0.3) is 0 Å². The van der Waals surface area contributed by atoms with Crippen LogP contribution >= 0.6 is 0 Å². The van der Waals surface area contributed by atoms with Gasteiger partial charge >= 0.3 is 35.5 Å². The van der Waals surface area contributed by atoms with Gasteiger partial charge in [0.15, 0.2) is 0 Å². The zero-order valence-electron chi connectivity index (χ0n) is 9.97. The van der Waals surface area contributed by atoms with Gasteiger partial charge in [-0.05, 0) is 12.1 Å². The summed E-state index contributed by atoms with van der Waals surface area (Å²) in [6.45, 7) is 7.01. The van der Waals surface area contributed by atoms with Gasteiger partial charge in [0.1, 0.15) is 11.3 Å². The molecule has 3 nitrogen and oxygen atoms in total. The number of aromatic hydroxyl groups is 1. The number of phenols is 1. The molecular formula is C13H15NaO3. The minimum absolute atomic E-state index is 0. The van der Waals surface area contributed by atoms with Crippen molar-refractivity contribution in [3.8, 4) is 5.75 Å². The molecule has 1 aromatic rings. The zero-order valence-corrected chi connectivity index (χ0v) is 12.0. The van der Waals surface area contributed by atoms with Crippen molar-refractivity contribution in [3.63, 3.8) is 0 Å². The van der Waals surface area contributed by atoms with Crippen LogP contribution in [0.15, 0.2) is 49.1 Å². The summed E-state index contributed by atoms with van der Waals surface area (Å²) in [6.07, 6.45) is 6.49. The van der Waals surface area contributed by atoms with Crippen LogP contribution in [-0.2, 0) is 0 Å². The predicted octanol–water partition coefficient (Wildman–Crippen LogP) is 0.0472. The van der Waals surface area contributed by atoms with Crippen LogP contribution in [0.3, 0.4) is 0 Å². The number of hydrogen-bond donors (Lipinski definition) is 2. The van der Waals surface area contributed by atoms with E-state index in [1.807, 2.05) is 12.2 Å². The third-order valence-corrected chi connectivity index (χ3v) is 1.60. The van der Waals surface area contributed by atoms with E-state index in [0.29, 0.717) is 0 Å². The smallest absolute Gasteiger partial charge is 0.507 e. The third kappa shape index (κ3) is 8.63. The number of rotatable bonds is 3. The number of aromatic carboxylic acids is 1. The largest absolute Gasteiger partial charge is 1.00 e. The molecule has 0 spiro atoms. The number of carbonyl (C=O) groups is 1. The third-order valence-electron chi connectivity index (χ3n) is 1.60. The van der Waals surface area contributed by atoms with Crippen LogP contribution in [0.25, 0.3) is 0 Å². The Morgan fingerprint density at radius 1 is 1.41 bits per heavy atom. The van der Waals surface area contributed by atoms with Gasteiger partial charge in [0.2, 0.25) is 0 Å². The fourth-order valence-electron chi connectivity index (χ4n) is 0.847. The Labute approximate surface area is 124 Å². The van der Waals surface area contributed by atoms with E-state index in [0.717, 1.165) is 6.42 Å². The van der Waals surface area contributed by atoms with Crippen LogP contribution < -0.4 is 29.6 Å². The SMILES string of the molecule is C=CCC=C[CH2-].O=C(O)c1ccccc1O.[Na+]. The molecule has 0 bridgehead atoms. The summed E-state index contributed by atoms with van der Waals surface area (Å²) in [5.41, 5.74) is -0.0671. The van der Waals surface area contributed by atoms with Crippen molar-refractivity contribution in [2.24, 2.45) is 0 Å². The zero-order chi connectivity index (χ0) is 12.4. The van der Waals surface area contributed by atoms with Gasteiger partial charge in [0, 0.05) is 0 Å². The molecule has 0 aliphatic heterocycles. The van der Waals surface area contributed by atoms with E-state index < -0.39 is 5.97 Å². The molecule has 0 atom stereocenters. The Bertz CT molecular complexity index is 373. The topological polar surface area (TPSA) is 57.5 Å². The van der Waals surface area contributed by atoms with E-state index >= 15 is 0 Å². The maximum atomic E-state index is 10.3. The molecule has 86 valence electrons. The van der Waals surface area contributed by atoms with Gasteiger partial charge in [-0.25, -0.2) is 23.9 Å². The second kappa shape index (κ2) is 11.3. The molecule has 2 N–H and O–H groups in total. The second-order valence-electron chi connectivity index (χ2n) is 2.82. The molecule has 1 rings (SSSR count). The molecule has 0 saturated carbocycles. The summed E-state index contributed by atoms with van der Waals surface area (Å²) in [4.78, 5) is 10.3. The van der Waals surface area contributed by atoms with Gasteiger partial charge < -0.3 is 10.2 Å². The van der Waals surface area contributed by atoms with Gasteiger partial charge in [-0.15, -0.1) is 12.7 Å². The van der Waals surface area contributed by atoms with Crippen molar-refractivity contribution >= 4 is 5.97 Å². The number of para-hydroxylation sites is 1. The number of hydrogen-bond acceptors (Lipinski definition) is 2. The normalized spacial score (nSPS) is 8.71. The van der Waals surface area contributed by atoms with Gasteiger partial charge in [-0.3, -0.25) is 0 Å². The maximum Gasteiger partial charge on any atom is 1.00 e. The van der Waals surface area contributed by atoms with Crippen molar-refractivity contribution in [2.75, 3.05) is 0 Å². The maximum absolute atomic E-state index is 10.3. The fraction of sp³-hybridized carbons (Fsp3) is 0.0769. The van der Waals surface area contributed by atoms with E-state index in [1.54, 1.807) is 18.2 Å². The molecular weight excluding hydrogens is 227 g/mol. The van der Waals surface area contributed by atoms with Crippen LogP contribution in [0.4, 0.5) is 0 Å². The summed E-state index contributed by atoms with van der Waals surface area (Å²) in [7, 11) is 0. The van der Waals surface area contributed by atoms with Gasteiger partial charge in [-0.1, -0.05) is 18.6 Å². The number of allylic oxidation sites excluding steroid dienone is 3. The Morgan fingerprint density at radius 2 is 2.00 bits per heavy atom. The molecule has 4 heteroatoms. The van der Waals surface area contributed by atoms with Crippen LogP contribution in [0.2, 0.25) is 0 Å². The van der Waals surface area contributed by atoms with Crippen molar-refractivity contribution < 1.29 is 44.6 Å². The van der Waals surface area contributed by atoms with Crippen LogP contribution in [-0.4, -0.2) is 16.2 Å². The summed E-state index contributed by atoms with van der Waals surface area (Å²) < 4.78 is 0. The summed E-state index contributed by atoms with van der Waals surface area (Å²) >= 11 is 0. The van der Waals surface area contributed by atoms with E-state index in [1.165, 1.54) is 12.1 Å². The fourth-order valence-corrected chi connectivity index (χ4v) is 0.847. The van der Waals surface area contributed by atoms with Crippen molar-refractivity contribution in [1.82, 2.24) is 0 Å². The molecule has 0 aliphatic carbocycles. The van der Waals surface area contributed by atoms with Gasteiger partial charge in [0.05, 0.1) is 0 Å². The first kappa shape index (κ1) is 18.2. The van der Waals surface area contributed by atoms with Crippen molar-refractivity contribution in [3.05, 3.63) is 61.6 Å². The molecule has 17 heavy (non-hydrogen) atoms. The Morgan fingerprint density at radius 3 is 2.29 bits per heavy atom.